The summed E-state index contributed by atoms with van der Waals surface area (Å²) in [6.07, 6.45) is 0. The molecule has 0 atom stereocenters. The first kappa shape index (κ1) is 36.0. The van der Waals surface area contributed by atoms with Gasteiger partial charge in [0, 0.05) is 0 Å². The average molecular weight is 261 g/mol. The monoisotopic (exact) mass is 260 g/mol. The van der Waals surface area contributed by atoms with Crippen LogP contribution in [0.3, 0.4) is 0 Å². The first-order chi connectivity index (χ1) is 8.56. The molecule has 0 heteroatoms. The molecule has 116 valence electrons. The normalized spacial score (nSPS) is 5.78. The fourth-order valence-electron chi connectivity index (χ4n) is 0. The molecule has 0 rings (SSSR count). The van der Waals surface area contributed by atoms with Crippen LogP contribution in [0.5, 0.6) is 0 Å². The zero-order chi connectivity index (χ0) is 16.6. The quantitative estimate of drug-likeness (QED) is 0.430. The summed E-state index contributed by atoms with van der Waals surface area (Å²) in [5.41, 5.74) is 0. The molecule has 0 radical (unpaired) electrons. The lowest BCUT2D eigenvalue weighted by Gasteiger charge is -2.05. The summed E-state index contributed by atoms with van der Waals surface area (Å²) in [6, 6.07) is 0. The van der Waals surface area contributed by atoms with Gasteiger partial charge in [-0.3, -0.25) is 0 Å². The van der Waals surface area contributed by atoms with Crippen molar-refractivity contribution in [3.63, 3.8) is 0 Å². The van der Waals surface area contributed by atoms with Crippen LogP contribution in [0.4, 0.5) is 0 Å². The van der Waals surface area contributed by atoms with Gasteiger partial charge in [-0.1, -0.05) is 83.1 Å². The topological polar surface area (TPSA) is 0 Å². The summed E-state index contributed by atoms with van der Waals surface area (Å²) in [5, 5.41) is 0. The molecule has 0 aliphatic rings. The SMILES string of the molecule is CC.CC.CC.CC.CC#CC.CC(C)C(C)C. The Morgan fingerprint density at radius 1 is 0.444 bits per heavy atom. The molecule has 0 nitrogen and oxygen atoms in total. The van der Waals surface area contributed by atoms with E-state index >= 15 is 0 Å². The zero-order valence-electron chi connectivity index (χ0n) is 16.2. The maximum absolute atomic E-state index is 2.68. The molecule has 0 aliphatic heterocycles. The fourth-order valence-corrected chi connectivity index (χ4v) is 0. The second-order valence-corrected chi connectivity index (χ2v) is 2.99. The maximum Gasteiger partial charge on any atom is -0.00271 e. The molecule has 0 aromatic heterocycles. The van der Waals surface area contributed by atoms with Crippen molar-refractivity contribution < 1.29 is 0 Å². The lowest BCUT2D eigenvalue weighted by Crippen LogP contribution is -1.95. The molecule has 0 unspecified atom stereocenters. The molecule has 0 aromatic rings. The Balaban J connectivity index is -0.0000000264. The molecular formula is C18H44. The van der Waals surface area contributed by atoms with Crippen LogP contribution in [0.2, 0.25) is 0 Å². The van der Waals surface area contributed by atoms with Gasteiger partial charge in [-0.25, -0.2) is 0 Å². The van der Waals surface area contributed by atoms with Crippen molar-refractivity contribution in [3.05, 3.63) is 0 Å². The van der Waals surface area contributed by atoms with Gasteiger partial charge >= 0.3 is 0 Å². The van der Waals surface area contributed by atoms with Crippen molar-refractivity contribution in [2.75, 3.05) is 0 Å². The van der Waals surface area contributed by atoms with Crippen molar-refractivity contribution in [1.82, 2.24) is 0 Å². The maximum atomic E-state index is 2.68. The molecule has 0 aliphatic carbocycles. The summed E-state index contributed by atoms with van der Waals surface area (Å²) >= 11 is 0. The number of hydrogen-bond donors (Lipinski definition) is 0. The van der Waals surface area contributed by atoms with Crippen molar-refractivity contribution in [3.8, 4) is 11.8 Å². The van der Waals surface area contributed by atoms with Gasteiger partial charge in [0.05, 0.1) is 0 Å². The molecule has 0 spiro atoms. The Morgan fingerprint density at radius 2 is 0.556 bits per heavy atom. The Labute approximate surface area is 121 Å². The van der Waals surface area contributed by atoms with E-state index in [1.54, 1.807) is 0 Å². The molecule has 0 N–H and O–H groups in total. The van der Waals surface area contributed by atoms with Gasteiger partial charge in [0.25, 0.3) is 0 Å². The van der Waals surface area contributed by atoms with Crippen LogP contribution in [-0.2, 0) is 0 Å². The van der Waals surface area contributed by atoms with Crippen LogP contribution >= 0.6 is 0 Å². The predicted octanol–water partition coefficient (Wildman–Crippen LogP) is 7.43. The smallest absolute Gasteiger partial charge is 0.00271 e. The first-order valence-corrected chi connectivity index (χ1v) is 7.89. The third-order valence-electron chi connectivity index (χ3n) is 1.58. The summed E-state index contributed by atoms with van der Waals surface area (Å²) in [6.45, 7) is 28.6. The highest BCUT2D eigenvalue weighted by atomic mass is 14.0. The van der Waals surface area contributed by atoms with Crippen molar-refractivity contribution in [2.45, 2.75) is 96.9 Å². The van der Waals surface area contributed by atoms with Gasteiger partial charge in [-0.15, -0.1) is 11.8 Å². The van der Waals surface area contributed by atoms with E-state index in [0.717, 1.165) is 11.8 Å². The van der Waals surface area contributed by atoms with Crippen LogP contribution < -0.4 is 0 Å². The van der Waals surface area contributed by atoms with Gasteiger partial charge in [0.1, 0.15) is 0 Å². The summed E-state index contributed by atoms with van der Waals surface area (Å²) < 4.78 is 0. The number of hydrogen-bond acceptors (Lipinski definition) is 0. The average Bonchev–Trinajstić information content (AvgIpc) is 2.47. The van der Waals surface area contributed by atoms with Crippen LogP contribution in [0.25, 0.3) is 0 Å². The van der Waals surface area contributed by atoms with Gasteiger partial charge in [-0.05, 0) is 25.7 Å². The lowest BCUT2D eigenvalue weighted by molar-refractivity contribution is 0.457. The standard InChI is InChI=1S/C6H14.C4H6.4C2H6/c1-5(2)6(3)4;1-3-4-2;4*1-2/h5-6H,1-4H3;1-2H3;4*1-2H3. The van der Waals surface area contributed by atoms with E-state index in [9.17, 15) is 0 Å². The van der Waals surface area contributed by atoms with Gasteiger partial charge in [0.2, 0.25) is 0 Å². The summed E-state index contributed by atoms with van der Waals surface area (Å²) in [7, 11) is 0. The summed E-state index contributed by atoms with van der Waals surface area (Å²) in [5.74, 6) is 7.06. The van der Waals surface area contributed by atoms with Crippen LogP contribution in [0.1, 0.15) is 96.9 Å². The summed E-state index contributed by atoms with van der Waals surface area (Å²) in [4.78, 5) is 0. The Morgan fingerprint density at radius 3 is 0.556 bits per heavy atom. The highest BCUT2D eigenvalue weighted by Gasteiger charge is 1.95. The predicted molar refractivity (Wildman–Crippen MR) is 94.2 cm³/mol. The van der Waals surface area contributed by atoms with Gasteiger partial charge in [0.15, 0.2) is 0 Å². The molecule has 0 bridgehead atoms. The second-order valence-electron chi connectivity index (χ2n) is 2.99. The first-order valence-electron chi connectivity index (χ1n) is 7.89. The Bertz CT molecular complexity index is 86.9. The van der Waals surface area contributed by atoms with E-state index in [-0.39, 0.29) is 0 Å². The van der Waals surface area contributed by atoms with Crippen LogP contribution in [-0.4, -0.2) is 0 Å². The van der Waals surface area contributed by atoms with Gasteiger partial charge in [-0.2, -0.15) is 0 Å². The molecule has 0 saturated heterocycles. The Hall–Kier alpha value is -0.440. The fraction of sp³-hybridized carbons (Fsp3) is 0.889. The van der Waals surface area contributed by atoms with E-state index in [1.807, 2.05) is 69.2 Å². The lowest BCUT2D eigenvalue weighted by atomic mass is 10.0. The molecular weight excluding hydrogens is 216 g/mol. The van der Waals surface area contributed by atoms with E-state index in [1.165, 1.54) is 0 Å². The molecule has 0 amide bonds. The third kappa shape index (κ3) is 159. The minimum absolute atomic E-state index is 0.852. The third-order valence-corrected chi connectivity index (χ3v) is 1.58. The highest BCUT2D eigenvalue weighted by molar-refractivity contribution is 4.89. The van der Waals surface area contributed by atoms with E-state index in [0.29, 0.717) is 0 Å². The van der Waals surface area contributed by atoms with Crippen molar-refractivity contribution in [1.29, 1.82) is 0 Å². The second kappa shape index (κ2) is 70.2. The molecule has 0 heterocycles. The van der Waals surface area contributed by atoms with E-state index < -0.39 is 0 Å². The molecule has 0 fully saturated rings. The molecule has 0 saturated carbocycles. The van der Waals surface area contributed by atoms with Gasteiger partial charge < -0.3 is 0 Å². The van der Waals surface area contributed by atoms with Crippen LogP contribution in [0, 0.1) is 23.7 Å². The number of rotatable bonds is 1. The largest absolute Gasteiger partial charge is 0.107 e. The minimum atomic E-state index is 0.852. The van der Waals surface area contributed by atoms with E-state index in [2.05, 4.69) is 39.5 Å². The minimum Gasteiger partial charge on any atom is -0.107 e. The highest BCUT2D eigenvalue weighted by Crippen LogP contribution is 2.05. The molecule has 18 heavy (non-hydrogen) atoms. The zero-order valence-corrected chi connectivity index (χ0v) is 16.2. The Kier molecular flexibility index (Phi) is 140. The van der Waals surface area contributed by atoms with Crippen molar-refractivity contribution in [2.24, 2.45) is 11.8 Å². The van der Waals surface area contributed by atoms with Crippen LogP contribution in [0.15, 0.2) is 0 Å². The molecule has 0 aromatic carbocycles. The van der Waals surface area contributed by atoms with E-state index in [4.69, 9.17) is 0 Å². The van der Waals surface area contributed by atoms with Crippen molar-refractivity contribution >= 4 is 0 Å².